The number of nitrogens with one attached hydrogen (secondary N) is 2. The highest BCUT2D eigenvalue weighted by atomic mass is 19.1. The number of aliphatic carboxylic acids is 1. The molecular formula is C16H22FN3O4. The third kappa shape index (κ3) is 4.28. The Kier molecular flexibility index (Phi) is 5.87. The molecule has 2 unspecified atom stereocenters. The molecule has 1 saturated heterocycles. The summed E-state index contributed by atoms with van der Waals surface area (Å²) in [5.74, 6) is -2.17. The molecule has 0 bridgehead atoms. The van der Waals surface area contributed by atoms with E-state index in [0.29, 0.717) is 12.1 Å². The predicted octanol–water partition coefficient (Wildman–Crippen LogP) is 0.610. The Balaban J connectivity index is 2.16. The van der Waals surface area contributed by atoms with Crippen molar-refractivity contribution in [1.29, 1.82) is 0 Å². The average molecular weight is 339 g/mol. The number of carbonyl (C=O) groups excluding carboxylic acids is 1. The molecule has 1 heterocycles. The van der Waals surface area contributed by atoms with E-state index >= 15 is 0 Å². The summed E-state index contributed by atoms with van der Waals surface area (Å²) >= 11 is 0. The minimum atomic E-state index is -1.22. The minimum absolute atomic E-state index is 0.0754. The molecule has 2 rings (SSSR count). The van der Waals surface area contributed by atoms with Crippen molar-refractivity contribution < 1.29 is 23.9 Å². The van der Waals surface area contributed by atoms with Gasteiger partial charge in [-0.05, 0) is 29.7 Å². The van der Waals surface area contributed by atoms with E-state index < -0.39 is 23.7 Å². The van der Waals surface area contributed by atoms with Crippen LogP contribution in [0.4, 0.5) is 4.39 Å². The fourth-order valence-corrected chi connectivity index (χ4v) is 2.69. The standard InChI is InChI=1S/C16H22FN3O4/c1-8(2)14-12(6-20-24-14)9-3-10(5-11(17)4-9)15(21)19-7-13(18)16(22)23/h3-5,8,12-14,20H,6-7,18H2,1-2H3,(H,19,21)(H,22,23)/t12?,13-,14?/m1/s1. The summed E-state index contributed by atoms with van der Waals surface area (Å²) < 4.78 is 13.9. The van der Waals surface area contributed by atoms with Crippen LogP contribution in [0.5, 0.6) is 0 Å². The SMILES string of the molecule is CC(C)C1ONCC1c1cc(F)cc(C(=O)NC[C@@H](N)C(=O)O)c1. The van der Waals surface area contributed by atoms with Crippen molar-refractivity contribution in [1.82, 2.24) is 10.8 Å². The van der Waals surface area contributed by atoms with Gasteiger partial charge in [-0.15, -0.1) is 0 Å². The van der Waals surface area contributed by atoms with Crippen LogP contribution >= 0.6 is 0 Å². The third-order valence-corrected chi connectivity index (χ3v) is 3.99. The van der Waals surface area contributed by atoms with Gasteiger partial charge >= 0.3 is 5.97 Å². The number of carboxylic acids is 1. The van der Waals surface area contributed by atoms with E-state index in [1.54, 1.807) is 6.07 Å². The van der Waals surface area contributed by atoms with Crippen LogP contribution in [0, 0.1) is 11.7 Å². The van der Waals surface area contributed by atoms with Gasteiger partial charge in [0.25, 0.3) is 5.91 Å². The maximum atomic E-state index is 13.9. The van der Waals surface area contributed by atoms with E-state index in [2.05, 4.69) is 10.8 Å². The molecule has 0 radical (unpaired) electrons. The number of hydrogen-bond acceptors (Lipinski definition) is 5. The number of carbonyl (C=O) groups is 2. The first kappa shape index (κ1) is 18.3. The summed E-state index contributed by atoms with van der Waals surface area (Å²) in [4.78, 5) is 28.3. The maximum Gasteiger partial charge on any atom is 0.322 e. The molecule has 1 aromatic rings. The molecule has 7 nitrogen and oxygen atoms in total. The number of benzene rings is 1. The smallest absolute Gasteiger partial charge is 0.322 e. The van der Waals surface area contributed by atoms with Gasteiger partial charge in [-0.25, -0.2) is 9.87 Å². The Morgan fingerprint density at radius 2 is 2.17 bits per heavy atom. The van der Waals surface area contributed by atoms with Crippen LogP contribution in [0.15, 0.2) is 18.2 Å². The Labute approximate surface area is 139 Å². The van der Waals surface area contributed by atoms with Crippen molar-refractivity contribution >= 4 is 11.9 Å². The Hall–Kier alpha value is -2.03. The second kappa shape index (κ2) is 7.69. The van der Waals surface area contributed by atoms with Crippen LogP contribution in [0.2, 0.25) is 0 Å². The number of hydrogen-bond donors (Lipinski definition) is 4. The molecule has 1 aliphatic rings. The lowest BCUT2D eigenvalue weighted by molar-refractivity contribution is -0.138. The van der Waals surface area contributed by atoms with E-state index in [0.717, 1.165) is 6.07 Å². The monoisotopic (exact) mass is 339 g/mol. The van der Waals surface area contributed by atoms with Gasteiger partial charge in [0.1, 0.15) is 11.9 Å². The lowest BCUT2D eigenvalue weighted by Gasteiger charge is -2.21. The molecule has 0 spiro atoms. The Bertz CT molecular complexity index is 623. The molecule has 8 heteroatoms. The van der Waals surface area contributed by atoms with Crippen molar-refractivity contribution in [2.45, 2.75) is 31.9 Å². The lowest BCUT2D eigenvalue weighted by atomic mass is 9.87. The van der Waals surface area contributed by atoms with Crippen LogP contribution in [0.1, 0.15) is 35.7 Å². The summed E-state index contributed by atoms with van der Waals surface area (Å²) in [5.41, 5.74) is 8.94. The Morgan fingerprint density at radius 1 is 1.46 bits per heavy atom. The summed E-state index contributed by atoms with van der Waals surface area (Å²) in [6.07, 6.45) is -0.122. The minimum Gasteiger partial charge on any atom is -0.480 e. The van der Waals surface area contributed by atoms with E-state index in [4.69, 9.17) is 15.7 Å². The predicted molar refractivity (Wildman–Crippen MR) is 84.8 cm³/mol. The summed E-state index contributed by atoms with van der Waals surface area (Å²) in [7, 11) is 0. The van der Waals surface area contributed by atoms with Gasteiger partial charge in [-0.3, -0.25) is 14.4 Å². The first-order chi connectivity index (χ1) is 11.3. The van der Waals surface area contributed by atoms with Crippen molar-refractivity contribution in [2.24, 2.45) is 11.7 Å². The van der Waals surface area contributed by atoms with E-state index in [-0.39, 0.29) is 30.0 Å². The second-order valence-electron chi connectivity index (χ2n) is 6.21. The van der Waals surface area contributed by atoms with Crippen LogP contribution in [0.3, 0.4) is 0 Å². The third-order valence-electron chi connectivity index (χ3n) is 3.99. The summed E-state index contributed by atoms with van der Waals surface area (Å²) in [6, 6.07) is 2.88. The Morgan fingerprint density at radius 3 is 2.79 bits per heavy atom. The molecule has 0 aliphatic carbocycles. The van der Waals surface area contributed by atoms with Gasteiger partial charge in [0.05, 0.1) is 6.10 Å². The van der Waals surface area contributed by atoms with Crippen molar-refractivity contribution in [3.05, 3.63) is 35.1 Å². The van der Waals surface area contributed by atoms with Crippen LogP contribution in [-0.4, -0.2) is 42.2 Å². The van der Waals surface area contributed by atoms with Crippen molar-refractivity contribution in [3.63, 3.8) is 0 Å². The number of nitrogens with two attached hydrogens (primary N) is 1. The van der Waals surface area contributed by atoms with E-state index in [1.165, 1.54) is 6.07 Å². The summed E-state index contributed by atoms with van der Waals surface area (Å²) in [5, 5.41) is 11.1. The first-order valence-electron chi connectivity index (χ1n) is 7.75. The van der Waals surface area contributed by atoms with Gasteiger partial charge < -0.3 is 16.2 Å². The average Bonchev–Trinajstić information content (AvgIpc) is 3.01. The highest BCUT2D eigenvalue weighted by Crippen LogP contribution is 2.30. The molecule has 1 amide bonds. The quantitative estimate of drug-likeness (QED) is 0.604. The lowest BCUT2D eigenvalue weighted by Crippen LogP contribution is -2.42. The van der Waals surface area contributed by atoms with E-state index in [1.807, 2.05) is 13.8 Å². The van der Waals surface area contributed by atoms with Crippen LogP contribution in [-0.2, 0) is 9.63 Å². The largest absolute Gasteiger partial charge is 0.480 e. The fourth-order valence-electron chi connectivity index (χ4n) is 2.69. The number of hydroxylamine groups is 1. The molecule has 0 aromatic heterocycles. The fraction of sp³-hybridized carbons (Fsp3) is 0.500. The van der Waals surface area contributed by atoms with Crippen LogP contribution in [0.25, 0.3) is 0 Å². The van der Waals surface area contributed by atoms with Crippen LogP contribution < -0.4 is 16.5 Å². The van der Waals surface area contributed by atoms with Gasteiger partial charge in [0.2, 0.25) is 0 Å². The topological polar surface area (TPSA) is 114 Å². The molecular weight excluding hydrogens is 317 g/mol. The number of halogens is 1. The molecule has 24 heavy (non-hydrogen) atoms. The molecule has 1 fully saturated rings. The molecule has 5 N–H and O–H groups in total. The normalized spacial score (nSPS) is 21.7. The summed E-state index contributed by atoms with van der Waals surface area (Å²) in [6.45, 7) is 4.30. The number of rotatable bonds is 6. The maximum absolute atomic E-state index is 13.9. The zero-order valence-corrected chi connectivity index (χ0v) is 13.6. The molecule has 132 valence electrons. The molecule has 1 aromatic carbocycles. The zero-order chi connectivity index (χ0) is 17.9. The van der Waals surface area contributed by atoms with E-state index in [9.17, 15) is 14.0 Å². The number of carboxylic acid groups (broad SMARTS) is 1. The highest BCUT2D eigenvalue weighted by Gasteiger charge is 2.33. The second-order valence-corrected chi connectivity index (χ2v) is 6.21. The highest BCUT2D eigenvalue weighted by molar-refractivity contribution is 5.94. The molecule has 1 aliphatic heterocycles. The van der Waals surface area contributed by atoms with Crippen molar-refractivity contribution in [2.75, 3.05) is 13.1 Å². The number of amides is 1. The zero-order valence-electron chi connectivity index (χ0n) is 13.6. The van der Waals surface area contributed by atoms with Gasteiger partial charge in [0.15, 0.2) is 0 Å². The first-order valence-corrected chi connectivity index (χ1v) is 7.75. The van der Waals surface area contributed by atoms with Gasteiger partial charge in [-0.1, -0.05) is 13.8 Å². The van der Waals surface area contributed by atoms with Gasteiger partial charge in [0, 0.05) is 24.6 Å². The molecule has 3 atom stereocenters. The van der Waals surface area contributed by atoms with Crippen molar-refractivity contribution in [3.8, 4) is 0 Å². The van der Waals surface area contributed by atoms with Gasteiger partial charge in [-0.2, -0.15) is 0 Å². The molecule has 0 saturated carbocycles.